The van der Waals surface area contributed by atoms with Crippen LogP contribution < -0.4 is 4.74 Å². The van der Waals surface area contributed by atoms with Gasteiger partial charge in [0.15, 0.2) is 0 Å². The van der Waals surface area contributed by atoms with E-state index in [-0.39, 0.29) is 13.2 Å². The van der Waals surface area contributed by atoms with Crippen molar-refractivity contribution >= 4 is 10.8 Å². The largest absolute Gasteiger partial charge is 0.497 e. The summed E-state index contributed by atoms with van der Waals surface area (Å²) in [5.74, 6) is 0.740. The molecule has 0 unspecified atom stereocenters. The number of benzene rings is 6. The zero-order valence-electron chi connectivity index (χ0n) is 27.5. The molecule has 0 saturated heterocycles. The molecule has 0 saturated carbocycles. The van der Waals surface area contributed by atoms with Gasteiger partial charge in [-0.1, -0.05) is 145 Å². The Labute approximate surface area is 287 Å². The second-order valence-electron chi connectivity index (χ2n) is 11.8. The van der Waals surface area contributed by atoms with Crippen LogP contribution in [0.3, 0.4) is 0 Å². The molecular formula is C42H39N3O4. The van der Waals surface area contributed by atoms with Gasteiger partial charge < -0.3 is 18.9 Å². The molecular weight excluding hydrogens is 610 g/mol. The predicted octanol–water partition coefficient (Wildman–Crippen LogP) is 9.64. The predicted molar refractivity (Wildman–Crippen MR) is 193 cm³/mol. The Kier molecular flexibility index (Phi) is 11.3. The van der Waals surface area contributed by atoms with E-state index in [1.807, 2.05) is 103 Å². The van der Waals surface area contributed by atoms with E-state index >= 15 is 0 Å². The highest BCUT2D eigenvalue weighted by atomic mass is 16.5. The smallest absolute Gasteiger partial charge is 0.143 e. The van der Waals surface area contributed by atoms with Crippen LogP contribution in [0.5, 0.6) is 5.75 Å². The molecule has 0 aliphatic heterocycles. The fourth-order valence-electron chi connectivity index (χ4n) is 6.08. The molecule has 0 radical (unpaired) electrons. The van der Waals surface area contributed by atoms with Crippen LogP contribution in [0.15, 0.2) is 163 Å². The Morgan fingerprint density at radius 1 is 0.612 bits per heavy atom. The summed E-state index contributed by atoms with van der Waals surface area (Å²) in [6, 6.07) is 51.8. The normalized spacial score (nSPS) is 12.6. The van der Waals surface area contributed by atoms with E-state index < -0.39 is 17.7 Å². The third-order valence-corrected chi connectivity index (χ3v) is 8.63. The van der Waals surface area contributed by atoms with E-state index in [0.29, 0.717) is 13.2 Å². The van der Waals surface area contributed by atoms with E-state index in [0.717, 1.165) is 39.0 Å². The van der Waals surface area contributed by atoms with Crippen LogP contribution in [0.4, 0.5) is 0 Å². The molecule has 0 aliphatic rings. The maximum Gasteiger partial charge on any atom is 0.143 e. The van der Waals surface area contributed by atoms with Gasteiger partial charge in [-0.3, -0.25) is 0 Å². The summed E-state index contributed by atoms with van der Waals surface area (Å²) in [4.78, 5) is 3.25. The Morgan fingerprint density at radius 2 is 1.20 bits per heavy atom. The van der Waals surface area contributed by atoms with Crippen LogP contribution in [0.25, 0.3) is 21.2 Å². The maximum atomic E-state index is 9.81. The first-order chi connectivity index (χ1) is 24.2. The maximum absolute atomic E-state index is 9.81. The number of azide groups is 1. The van der Waals surface area contributed by atoms with Gasteiger partial charge in [0.05, 0.1) is 45.7 Å². The number of nitrogens with zero attached hydrogens (tertiary/aromatic N) is 3. The average molecular weight is 650 g/mol. The molecule has 6 rings (SSSR count). The Morgan fingerprint density at radius 3 is 1.84 bits per heavy atom. The molecule has 0 aromatic heterocycles. The number of fused-ring (bicyclic) bond motifs is 1. The third-order valence-electron chi connectivity index (χ3n) is 8.63. The molecule has 0 spiro atoms. The van der Waals surface area contributed by atoms with E-state index in [9.17, 15) is 5.53 Å². The molecule has 0 aliphatic carbocycles. The highest BCUT2D eigenvalue weighted by Crippen LogP contribution is 2.41. The molecule has 6 aromatic carbocycles. The summed E-state index contributed by atoms with van der Waals surface area (Å²) < 4.78 is 25.3. The van der Waals surface area contributed by atoms with Crippen LogP contribution in [-0.2, 0) is 33.0 Å². The van der Waals surface area contributed by atoms with E-state index in [1.165, 1.54) is 5.39 Å². The van der Waals surface area contributed by atoms with Gasteiger partial charge in [-0.05, 0) is 62.3 Å². The second-order valence-corrected chi connectivity index (χ2v) is 11.8. The van der Waals surface area contributed by atoms with Gasteiger partial charge in [-0.15, -0.1) is 0 Å². The van der Waals surface area contributed by atoms with Crippen molar-refractivity contribution in [2.45, 2.75) is 31.0 Å². The fourth-order valence-corrected chi connectivity index (χ4v) is 6.08. The molecule has 0 bridgehead atoms. The molecule has 0 N–H and O–H groups in total. The number of ether oxygens (including phenoxy) is 4. The zero-order chi connectivity index (χ0) is 33.7. The summed E-state index contributed by atoms with van der Waals surface area (Å²) in [5, 5.41) is 6.57. The highest BCUT2D eigenvalue weighted by molar-refractivity contribution is 5.82. The minimum atomic E-state index is -1.03. The van der Waals surface area contributed by atoms with E-state index in [2.05, 4.69) is 64.6 Å². The van der Waals surface area contributed by atoms with E-state index in [4.69, 9.17) is 18.9 Å². The number of hydrogen-bond acceptors (Lipinski definition) is 5. The summed E-state index contributed by atoms with van der Waals surface area (Å²) in [6.45, 7) is 0.949. The van der Waals surface area contributed by atoms with Gasteiger partial charge in [0.1, 0.15) is 11.4 Å². The van der Waals surface area contributed by atoms with Gasteiger partial charge in [-0.2, -0.15) is 0 Å². The molecule has 2 atom stereocenters. The number of hydrogen-bond donors (Lipinski definition) is 0. The Balaban J connectivity index is 1.31. The quantitative estimate of drug-likeness (QED) is 0.0452. The first-order valence-corrected chi connectivity index (χ1v) is 16.3. The molecule has 0 fully saturated rings. The summed E-state index contributed by atoms with van der Waals surface area (Å²) >= 11 is 0. The molecule has 49 heavy (non-hydrogen) atoms. The standard InChI is InChI=1S/C42H39N3O4/c1-46-39-25-23-38(24-26-39)42(36-17-7-3-8-18-36,37-19-9-4-10-20-37)49-30-40(44-45-43)41(48-29-32-13-5-2-6-14-32)31-47-28-33-21-22-34-15-11-12-16-35(34)27-33/h2-27,40-41H,28-31H2,1H3/t40-,41+/m0/s1. The lowest BCUT2D eigenvalue weighted by atomic mass is 9.80. The van der Waals surface area contributed by atoms with Crippen molar-refractivity contribution in [3.63, 3.8) is 0 Å². The lowest BCUT2D eigenvalue weighted by molar-refractivity contribution is -0.0713. The third kappa shape index (κ3) is 8.18. The highest BCUT2D eigenvalue weighted by Gasteiger charge is 2.39. The van der Waals surface area contributed by atoms with Crippen molar-refractivity contribution in [2.75, 3.05) is 20.3 Å². The summed E-state index contributed by atoms with van der Waals surface area (Å²) in [7, 11) is 1.65. The van der Waals surface area contributed by atoms with Gasteiger partial charge >= 0.3 is 0 Å². The molecule has 246 valence electrons. The van der Waals surface area contributed by atoms with Gasteiger partial charge in [-0.25, -0.2) is 0 Å². The lowest BCUT2D eigenvalue weighted by Crippen LogP contribution is -2.40. The molecule has 7 nitrogen and oxygen atoms in total. The molecule has 0 amide bonds. The van der Waals surface area contributed by atoms with Crippen molar-refractivity contribution in [2.24, 2.45) is 5.11 Å². The van der Waals surface area contributed by atoms with Crippen molar-refractivity contribution in [3.8, 4) is 5.75 Å². The number of methoxy groups -OCH3 is 1. The van der Waals surface area contributed by atoms with Crippen molar-refractivity contribution in [3.05, 3.63) is 196 Å². The minimum Gasteiger partial charge on any atom is -0.497 e. The van der Waals surface area contributed by atoms with Crippen LogP contribution in [0.2, 0.25) is 0 Å². The topological polar surface area (TPSA) is 85.7 Å². The van der Waals surface area contributed by atoms with Crippen LogP contribution in [0.1, 0.15) is 27.8 Å². The van der Waals surface area contributed by atoms with Crippen molar-refractivity contribution < 1.29 is 18.9 Å². The van der Waals surface area contributed by atoms with Gasteiger partial charge in [0.2, 0.25) is 0 Å². The van der Waals surface area contributed by atoms with Crippen LogP contribution >= 0.6 is 0 Å². The SMILES string of the molecule is COc1ccc(C(OC[C@H](N=[N+]=[N-])[C@@H](COCc2ccc3ccccc3c2)OCc2ccccc2)(c2ccccc2)c2ccccc2)cc1. The Hall–Kier alpha value is -5.43. The summed E-state index contributed by atoms with van der Waals surface area (Å²) in [6.07, 6.45) is -0.600. The fraction of sp³-hybridized carbons (Fsp3) is 0.190. The second kappa shape index (κ2) is 16.6. The monoisotopic (exact) mass is 649 g/mol. The Bertz CT molecular complexity index is 1910. The van der Waals surface area contributed by atoms with Gasteiger partial charge in [0, 0.05) is 4.91 Å². The molecule has 6 aromatic rings. The average Bonchev–Trinajstić information content (AvgIpc) is 3.17. The first-order valence-electron chi connectivity index (χ1n) is 16.3. The van der Waals surface area contributed by atoms with E-state index in [1.54, 1.807) is 7.11 Å². The zero-order valence-corrected chi connectivity index (χ0v) is 27.5. The van der Waals surface area contributed by atoms with Crippen LogP contribution in [-0.4, -0.2) is 32.5 Å². The number of rotatable bonds is 16. The van der Waals surface area contributed by atoms with Crippen molar-refractivity contribution in [1.29, 1.82) is 0 Å². The van der Waals surface area contributed by atoms with Crippen molar-refractivity contribution in [1.82, 2.24) is 0 Å². The molecule has 0 heterocycles. The minimum absolute atomic E-state index is 0.0542. The molecule has 7 heteroatoms. The van der Waals surface area contributed by atoms with Crippen LogP contribution in [0, 0.1) is 0 Å². The van der Waals surface area contributed by atoms with Gasteiger partial charge in [0.25, 0.3) is 0 Å². The summed E-state index contributed by atoms with van der Waals surface area (Å²) in [5.41, 5.74) is 13.6. The lowest BCUT2D eigenvalue weighted by Gasteiger charge is -2.37. The first kappa shape index (κ1) is 33.5.